The van der Waals surface area contributed by atoms with Gasteiger partial charge in [-0.1, -0.05) is 6.92 Å². The molecule has 2 N–H and O–H groups in total. The number of amides is 1. The number of nitrogens with one attached hydrogen (secondary N) is 2. The van der Waals surface area contributed by atoms with Crippen LogP contribution in [-0.4, -0.2) is 29.7 Å². The number of nitrogens with zero attached hydrogens (tertiary/aromatic N) is 1. The maximum absolute atomic E-state index is 11.7. The number of rotatable bonds is 7. The second kappa shape index (κ2) is 7.22. The Kier molecular flexibility index (Phi) is 5.64. The Morgan fingerprint density at radius 1 is 1.50 bits per heavy atom. The molecule has 0 aliphatic heterocycles. The standard InChI is InChI=1S/C13H17N3O4/c1-3-6-14-13(18)9(2)15-11-5-4-10(8-17)7-12(11)16(19)20/h4-5,7-9,15H,3,6H2,1-2H3,(H,14,18). The Labute approximate surface area is 116 Å². The maximum atomic E-state index is 11.7. The second-order valence-electron chi connectivity index (χ2n) is 4.31. The number of nitro benzene ring substituents is 1. The average molecular weight is 279 g/mol. The van der Waals surface area contributed by atoms with Crippen molar-refractivity contribution >= 4 is 23.6 Å². The zero-order valence-electron chi connectivity index (χ0n) is 11.4. The fraction of sp³-hybridized carbons (Fsp3) is 0.385. The molecule has 1 atom stereocenters. The van der Waals surface area contributed by atoms with Crippen LogP contribution < -0.4 is 10.6 Å². The fourth-order valence-corrected chi connectivity index (χ4v) is 1.60. The van der Waals surface area contributed by atoms with Crippen molar-refractivity contribution in [3.05, 3.63) is 33.9 Å². The van der Waals surface area contributed by atoms with Crippen LogP contribution >= 0.6 is 0 Å². The van der Waals surface area contributed by atoms with E-state index in [9.17, 15) is 19.7 Å². The van der Waals surface area contributed by atoms with Crippen molar-refractivity contribution in [1.82, 2.24) is 5.32 Å². The number of benzene rings is 1. The van der Waals surface area contributed by atoms with E-state index in [1.165, 1.54) is 18.2 Å². The summed E-state index contributed by atoms with van der Waals surface area (Å²) in [6, 6.07) is 3.44. The molecule has 0 fully saturated rings. The quantitative estimate of drug-likeness (QED) is 0.449. The normalized spacial score (nSPS) is 11.5. The largest absolute Gasteiger partial charge is 0.368 e. The Hall–Kier alpha value is -2.44. The van der Waals surface area contributed by atoms with E-state index in [0.29, 0.717) is 12.8 Å². The number of carbonyl (C=O) groups is 2. The highest BCUT2D eigenvalue weighted by molar-refractivity contribution is 5.86. The van der Waals surface area contributed by atoms with Gasteiger partial charge < -0.3 is 10.6 Å². The van der Waals surface area contributed by atoms with E-state index in [0.717, 1.165) is 6.42 Å². The number of nitro groups is 1. The number of anilines is 1. The van der Waals surface area contributed by atoms with E-state index in [4.69, 9.17) is 0 Å². The molecule has 1 aromatic rings. The van der Waals surface area contributed by atoms with Gasteiger partial charge >= 0.3 is 0 Å². The first kappa shape index (κ1) is 15.6. The lowest BCUT2D eigenvalue weighted by Gasteiger charge is -2.15. The summed E-state index contributed by atoms with van der Waals surface area (Å²) in [4.78, 5) is 32.7. The predicted octanol–water partition coefficient (Wildman–Crippen LogP) is 1.73. The van der Waals surface area contributed by atoms with Crippen molar-refractivity contribution < 1.29 is 14.5 Å². The third-order valence-electron chi connectivity index (χ3n) is 2.67. The van der Waals surface area contributed by atoms with E-state index < -0.39 is 11.0 Å². The molecule has 108 valence electrons. The zero-order valence-corrected chi connectivity index (χ0v) is 11.4. The smallest absolute Gasteiger partial charge is 0.293 e. The lowest BCUT2D eigenvalue weighted by atomic mass is 10.1. The maximum Gasteiger partial charge on any atom is 0.293 e. The predicted molar refractivity (Wildman–Crippen MR) is 74.9 cm³/mol. The molecule has 1 amide bonds. The van der Waals surface area contributed by atoms with Crippen LogP contribution in [0.25, 0.3) is 0 Å². The third kappa shape index (κ3) is 4.04. The van der Waals surface area contributed by atoms with Crippen molar-refractivity contribution in [1.29, 1.82) is 0 Å². The molecule has 0 aromatic heterocycles. The molecule has 20 heavy (non-hydrogen) atoms. The van der Waals surface area contributed by atoms with Gasteiger partial charge in [0.25, 0.3) is 5.69 Å². The highest BCUT2D eigenvalue weighted by Gasteiger charge is 2.19. The summed E-state index contributed by atoms with van der Waals surface area (Å²) >= 11 is 0. The first-order valence-corrected chi connectivity index (χ1v) is 6.27. The minimum absolute atomic E-state index is 0.208. The Morgan fingerprint density at radius 3 is 2.75 bits per heavy atom. The van der Waals surface area contributed by atoms with E-state index in [-0.39, 0.29) is 22.8 Å². The fourth-order valence-electron chi connectivity index (χ4n) is 1.60. The van der Waals surface area contributed by atoms with Gasteiger partial charge in [-0.2, -0.15) is 0 Å². The van der Waals surface area contributed by atoms with Crippen LogP contribution in [0.2, 0.25) is 0 Å². The third-order valence-corrected chi connectivity index (χ3v) is 2.67. The summed E-state index contributed by atoms with van der Waals surface area (Å²) < 4.78 is 0. The topological polar surface area (TPSA) is 101 Å². The zero-order chi connectivity index (χ0) is 15.1. The van der Waals surface area contributed by atoms with Gasteiger partial charge in [0.1, 0.15) is 18.0 Å². The number of hydrogen-bond acceptors (Lipinski definition) is 5. The molecule has 1 unspecified atom stereocenters. The Morgan fingerprint density at radius 2 is 2.20 bits per heavy atom. The van der Waals surface area contributed by atoms with Crippen LogP contribution in [0.15, 0.2) is 18.2 Å². The second-order valence-corrected chi connectivity index (χ2v) is 4.31. The van der Waals surface area contributed by atoms with Gasteiger partial charge in [-0.3, -0.25) is 19.7 Å². The van der Waals surface area contributed by atoms with Crippen LogP contribution in [-0.2, 0) is 4.79 Å². The summed E-state index contributed by atoms with van der Waals surface area (Å²) in [6.45, 7) is 4.10. The molecule has 0 aliphatic carbocycles. The van der Waals surface area contributed by atoms with Crippen LogP contribution in [0.5, 0.6) is 0 Å². The van der Waals surface area contributed by atoms with Gasteiger partial charge in [0.05, 0.1) is 4.92 Å². The summed E-state index contributed by atoms with van der Waals surface area (Å²) in [7, 11) is 0. The van der Waals surface area contributed by atoms with Crippen molar-refractivity contribution in [3.63, 3.8) is 0 Å². The molecule has 0 spiro atoms. The minimum atomic E-state index is -0.609. The molecule has 0 bridgehead atoms. The van der Waals surface area contributed by atoms with Gasteiger partial charge in [0, 0.05) is 18.2 Å². The van der Waals surface area contributed by atoms with Crippen molar-refractivity contribution in [2.75, 3.05) is 11.9 Å². The monoisotopic (exact) mass is 279 g/mol. The first-order valence-electron chi connectivity index (χ1n) is 6.27. The molecule has 0 saturated carbocycles. The average Bonchev–Trinajstić information content (AvgIpc) is 2.44. The van der Waals surface area contributed by atoms with E-state index >= 15 is 0 Å². The molecule has 0 aliphatic rings. The summed E-state index contributed by atoms with van der Waals surface area (Å²) in [5.41, 5.74) is 0.190. The van der Waals surface area contributed by atoms with Crippen LogP contribution in [0.1, 0.15) is 30.6 Å². The SMILES string of the molecule is CCCNC(=O)C(C)Nc1ccc(C=O)cc1[N+](=O)[O-]. The van der Waals surface area contributed by atoms with Crippen LogP contribution in [0.3, 0.4) is 0 Å². The first-order chi connectivity index (χ1) is 9.49. The van der Waals surface area contributed by atoms with Crippen molar-refractivity contribution in [2.45, 2.75) is 26.3 Å². The van der Waals surface area contributed by atoms with Crippen molar-refractivity contribution in [3.8, 4) is 0 Å². The molecular weight excluding hydrogens is 262 g/mol. The van der Waals surface area contributed by atoms with Gasteiger partial charge in [0.2, 0.25) is 5.91 Å². The van der Waals surface area contributed by atoms with Gasteiger partial charge in [-0.05, 0) is 25.5 Å². The summed E-state index contributed by atoms with van der Waals surface area (Å²) in [5.74, 6) is -0.236. The molecule has 0 heterocycles. The number of hydrogen-bond donors (Lipinski definition) is 2. The summed E-state index contributed by atoms with van der Waals surface area (Å²) in [5, 5.41) is 16.4. The number of carbonyl (C=O) groups excluding carboxylic acids is 2. The van der Waals surface area contributed by atoms with Gasteiger partial charge in [-0.15, -0.1) is 0 Å². The molecule has 1 rings (SSSR count). The molecule has 7 nitrogen and oxygen atoms in total. The van der Waals surface area contributed by atoms with Crippen LogP contribution in [0, 0.1) is 10.1 Å². The van der Waals surface area contributed by atoms with Gasteiger partial charge in [0.15, 0.2) is 0 Å². The number of aldehydes is 1. The molecule has 7 heteroatoms. The van der Waals surface area contributed by atoms with E-state index in [2.05, 4.69) is 10.6 Å². The Balaban J connectivity index is 2.88. The molecule has 0 radical (unpaired) electrons. The van der Waals surface area contributed by atoms with Crippen LogP contribution in [0.4, 0.5) is 11.4 Å². The van der Waals surface area contributed by atoms with E-state index in [1.807, 2.05) is 6.92 Å². The molecule has 1 aromatic carbocycles. The summed E-state index contributed by atoms with van der Waals surface area (Å²) in [6.07, 6.45) is 1.35. The highest BCUT2D eigenvalue weighted by atomic mass is 16.6. The van der Waals surface area contributed by atoms with E-state index in [1.54, 1.807) is 6.92 Å². The minimum Gasteiger partial charge on any atom is -0.368 e. The Bertz CT molecular complexity index is 516. The lowest BCUT2D eigenvalue weighted by Crippen LogP contribution is -2.38. The molecule has 0 saturated heterocycles. The van der Waals surface area contributed by atoms with Crippen molar-refractivity contribution in [2.24, 2.45) is 0 Å². The highest BCUT2D eigenvalue weighted by Crippen LogP contribution is 2.25. The van der Waals surface area contributed by atoms with Gasteiger partial charge in [-0.25, -0.2) is 0 Å². The molecular formula is C13H17N3O4. The lowest BCUT2D eigenvalue weighted by molar-refractivity contribution is -0.384.